The molecule has 2 aromatic heterocycles. The van der Waals surface area contributed by atoms with Gasteiger partial charge in [0.15, 0.2) is 0 Å². The van der Waals surface area contributed by atoms with Gasteiger partial charge >= 0.3 is 6.09 Å². The summed E-state index contributed by atoms with van der Waals surface area (Å²) in [4.78, 5) is 44.4. The lowest BCUT2D eigenvalue weighted by molar-refractivity contribution is -0.139. The van der Waals surface area contributed by atoms with Crippen LogP contribution in [0.1, 0.15) is 62.3 Å². The monoisotopic (exact) mass is 860 g/mol. The molecule has 0 aliphatic heterocycles. The van der Waals surface area contributed by atoms with Gasteiger partial charge in [0, 0.05) is 67.2 Å². The van der Waals surface area contributed by atoms with Crippen molar-refractivity contribution in [3.63, 3.8) is 0 Å². The Labute approximate surface area is 362 Å². The van der Waals surface area contributed by atoms with E-state index in [9.17, 15) is 4.79 Å². The van der Waals surface area contributed by atoms with E-state index < -0.39 is 22.2 Å². The second kappa shape index (κ2) is 25.0. The molecule has 0 fully saturated rings. The number of aromatic nitrogens is 4. The predicted octanol–water partition coefficient (Wildman–Crippen LogP) is 9.34. The van der Waals surface area contributed by atoms with E-state index in [0.717, 1.165) is 60.8 Å². The summed E-state index contributed by atoms with van der Waals surface area (Å²) in [5, 5.41) is 0. The maximum Gasteiger partial charge on any atom is 0.410 e. The molecule has 0 spiro atoms. The SMILES string of the molecule is CCCN(CCC)C(CCCN(Cc1ccccc1)C(=O)OCc1ccccc1)C(=O)N(Cc1nccn1COCC[Si](C)(C)C)Cc1nccn1COCC[Si](C)(C)C. The summed E-state index contributed by atoms with van der Waals surface area (Å²) < 4.78 is 22.1. The molecule has 2 amide bonds. The molecule has 2 aromatic carbocycles. The maximum absolute atomic E-state index is 15.3. The third kappa shape index (κ3) is 17.5. The number of benzene rings is 2. The molecule has 0 aliphatic rings. The molecule has 0 radical (unpaired) electrons. The van der Waals surface area contributed by atoms with Crippen molar-refractivity contribution in [3.8, 4) is 0 Å². The van der Waals surface area contributed by atoms with Gasteiger partial charge < -0.3 is 33.1 Å². The zero-order chi connectivity index (χ0) is 43.4. The molecule has 0 saturated carbocycles. The first-order valence-corrected chi connectivity index (χ1v) is 29.4. The molecule has 14 heteroatoms. The van der Waals surface area contributed by atoms with Crippen molar-refractivity contribution >= 4 is 28.1 Å². The molecule has 330 valence electrons. The van der Waals surface area contributed by atoms with Crippen LogP contribution in [0.2, 0.25) is 51.4 Å². The average Bonchev–Trinajstić information content (AvgIpc) is 3.86. The summed E-state index contributed by atoms with van der Waals surface area (Å²) in [6.07, 6.45) is 10.0. The third-order valence-electron chi connectivity index (χ3n) is 10.4. The summed E-state index contributed by atoms with van der Waals surface area (Å²) in [6.45, 7) is 23.7. The lowest BCUT2D eigenvalue weighted by Crippen LogP contribution is -2.49. The number of rotatable bonds is 28. The van der Waals surface area contributed by atoms with E-state index in [1.807, 2.05) is 87.1 Å². The quantitative estimate of drug-likeness (QED) is 0.0411. The Bertz CT molecular complexity index is 1740. The van der Waals surface area contributed by atoms with Gasteiger partial charge in [0.1, 0.15) is 31.7 Å². The number of amides is 2. The Kier molecular flexibility index (Phi) is 20.2. The van der Waals surface area contributed by atoms with Gasteiger partial charge in [0.05, 0.1) is 19.1 Å². The third-order valence-corrected chi connectivity index (χ3v) is 13.8. The van der Waals surface area contributed by atoms with Gasteiger partial charge in [0.25, 0.3) is 0 Å². The van der Waals surface area contributed by atoms with Crippen molar-refractivity contribution in [2.75, 3.05) is 32.8 Å². The molecule has 4 aromatic rings. The molecule has 4 rings (SSSR count). The molecule has 0 aliphatic carbocycles. The topological polar surface area (TPSA) is 107 Å². The van der Waals surface area contributed by atoms with E-state index in [1.165, 1.54) is 0 Å². The normalized spacial score (nSPS) is 12.5. The lowest BCUT2D eigenvalue weighted by Gasteiger charge is -2.35. The van der Waals surface area contributed by atoms with Crippen molar-refractivity contribution in [3.05, 3.63) is 108 Å². The number of ether oxygens (including phenoxy) is 3. The fourth-order valence-electron chi connectivity index (χ4n) is 6.85. The molecular weight excluding hydrogens is 787 g/mol. The highest BCUT2D eigenvalue weighted by Gasteiger charge is 2.31. The van der Waals surface area contributed by atoms with Crippen molar-refractivity contribution in [2.45, 2.75) is 137 Å². The zero-order valence-electron chi connectivity index (χ0n) is 37.9. The van der Waals surface area contributed by atoms with Crippen molar-refractivity contribution in [1.29, 1.82) is 0 Å². The minimum Gasteiger partial charge on any atom is -0.445 e. The van der Waals surface area contributed by atoms with Gasteiger partial charge in [0.2, 0.25) is 5.91 Å². The molecule has 2 heterocycles. The van der Waals surface area contributed by atoms with Crippen LogP contribution < -0.4 is 0 Å². The van der Waals surface area contributed by atoms with E-state index in [0.29, 0.717) is 65.7 Å². The van der Waals surface area contributed by atoms with Crippen LogP contribution in [-0.4, -0.2) is 101 Å². The standard InChI is InChI=1S/C46H73N7O5Si2/c1-9-25-49(26-10-2)42(22-17-27-50(34-40-18-13-11-14-19-40)46(55)58-37-41-20-15-12-16-21-41)45(54)53(35-43-47-23-28-51(43)38-56-30-32-59(3,4)5)36-44-48-24-29-52(44)39-57-31-33-60(6,7)8/h11-16,18-21,23-24,28-29,42H,9-10,17,22,25-27,30-39H2,1-8H3. The maximum atomic E-state index is 15.3. The van der Waals surface area contributed by atoms with Crippen molar-refractivity contribution in [2.24, 2.45) is 0 Å². The number of nitrogens with zero attached hydrogens (tertiary/aromatic N) is 7. The molecule has 0 N–H and O–H groups in total. The average molecular weight is 860 g/mol. The highest BCUT2D eigenvalue weighted by Crippen LogP contribution is 2.20. The first kappa shape index (κ1) is 48.6. The number of hydrogen-bond acceptors (Lipinski definition) is 8. The Hall–Kier alpha value is -4.09. The summed E-state index contributed by atoms with van der Waals surface area (Å²) in [5.74, 6) is 1.53. The number of carbonyl (C=O) groups excluding carboxylic acids is 2. The van der Waals surface area contributed by atoms with E-state index in [-0.39, 0.29) is 18.6 Å². The largest absolute Gasteiger partial charge is 0.445 e. The van der Waals surface area contributed by atoms with E-state index in [4.69, 9.17) is 24.2 Å². The molecule has 0 saturated heterocycles. The smallest absolute Gasteiger partial charge is 0.410 e. The zero-order valence-corrected chi connectivity index (χ0v) is 39.9. The van der Waals surface area contributed by atoms with Crippen LogP contribution in [0.5, 0.6) is 0 Å². The Morgan fingerprint density at radius 3 is 1.65 bits per heavy atom. The van der Waals surface area contributed by atoms with Gasteiger partial charge in [-0.05, 0) is 62.0 Å². The van der Waals surface area contributed by atoms with Crippen LogP contribution in [0.15, 0.2) is 85.5 Å². The highest BCUT2D eigenvalue weighted by atomic mass is 28.3. The van der Waals surface area contributed by atoms with Crippen LogP contribution >= 0.6 is 0 Å². The van der Waals surface area contributed by atoms with Gasteiger partial charge in [-0.3, -0.25) is 9.69 Å². The molecular formula is C46H73N7O5Si2. The predicted molar refractivity (Wildman–Crippen MR) is 246 cm³/mol. The summed E-state index contributed by atoms with van der Waals surface area (Å²) >= 11 is 0. The molecule has 60 heavy (non-hydrogen) atoms. The fraction of sp³-hybridized carbons (Fsp3) is 0.565. The van der Waals surface area contributed by atoms with Gasteiger partial charge in [-0.25, -0.2) is 14.8 Å². The number of hydrogen-bond donors (Lipinski definition) is 0. The first-order chi connectivity index (χ1) is 28.8. The highest BCUT2D eigenvalue weighted by molar-refractivity contribution is 6.76. The van der Waals surface area contributed by atoms with Crippen LogP contribution in [-0.2, 0) is 58.7 Å². The van der Waals surface area contributed by atoms with Gasteiger partial charge in [-0.1, -0.05) is 114 Å². The van der Waals surface area contributed by atoms with E-state index in [1.54, 1.807) is 17.3 Å². The Balaban J connectivity index is 1.59. The van der Waals surface area contributed by atoms with Crippen molar-refractivity contribution < 1.29 is 23.8 Å². The van der Waals surface area contributed by atoms with Crippen LogP contribution in [0.4, 0.5) is 4.79 Å². The fourth-order valence-corrected chi connectivity index (χ4v) is 8.36. The Morgan fingerprint density at radius 2 is 1.17 bits per heavy atom. The van der Waals surface area contributed by atoms with Crippen molar-refractivity contribution in [1.82, 2.24) is 33.8 Å². The molecule has 0 bridgehead atoms. The first-order valence-electron chi connectivity index (χ1n) is 21.9. The number of carbonyl (C=O) groups is 2. The summed E-state index contributed by atoms with van der Waals surface area (Å²) in [6, 6.07) is 21.4. The lowest BCUT2D eigenvalue weighted by atomic mass is 10.1. The minimum atomic E-state index is -1.25. The second-order valence-electron chi connectivity index (χ2n) is 18.2. The van der Waals surface area contributed by atoms with Gasteiger partial charge in [-0.15, -0.1) is 0 Å². The van der Waals surface area contributed by atoms with E-state index >= 15 is 4.79 Å². The minimum absolute atomic E-state index is 0.0153. The molecule has 1 unspecified atom stereocenters. The van der Waals surface area contributed by atoms with E-state index in [2.05, 4.69) is 58.0 Å². The van der Waals surface area contributed by atoms with Crippen LogP contribution in [0.25, 0.3) is 0 Å². The second-order valence-corrected chi connectivity index (χ2v) is 29.4. The summed E-state index contributed by atoms with van der Waals surface area (Å²) in [7, 11) is -2.50. The Morgan fingerprint density at radius 1 is 0.667 bits per heavy atom. The number of imidazole rings is 2. The van der Waals surface area contributed by atoms with Crippen LogP contribution in [0.3, 0.4) is 0 Å². The molecule has 1 atom stereocenters. The summed E-state index contributed by atoms with van der Waals surface area (Å²) in [5.41, 5.74) is 1.95. The van der Waals surface area contributed by atoms with Crippen LogP contribution in [0, 0.1) is 0 Å². The van der Waals surface area contributed by atoms with Gasteiger partial charge in [-0.2, -0.15) is 0 Å². The molecule has 12 nitrogen and oxygen atoms in total.